The van der Waals surface area contributed by atoms with E-state index in [9.17, 15) is 0 Å². The van der Waals surface area contributed by atoms with Crippen LogP contribution in [0.3, 0.4) is 0 Å². The van der Waals surface area contributed by atoms with Crippen LogP contribution in [0.4, 0.5) is 34.1 Å². The third kappa shape index (κ3) is 3.91. The standard InChI is InChI=1S/C45H29N3/c1-9-21-39-30(13-1)25-26-31-14-2-10-22-40(31)47(39)44-34-17-5-6-18-35(34)45(43-36-19-7-8-20-38(36)46-29-37(43)44)48-41-23-11-3-15-32(41)27-28-33-16-4-12-24-42(33)48/h1-29H. The number of hydrogen-bond acceptors (Lipinski definition) is 3. The monoisotopic (exact) mass is 611 g/mol. The summed E-state index contributed by atoms with van der Waals surface area (Å²) in [4.78, 5) is 10.1. The topological polar surface area (TPSA) is 19.4 Å². The molecule has 7 aromatic carbocycles. The van der Waals surface area contributed by atoms with Crippen LogP contribution in [0.15, 0.2) is 152 Å². The van der Waals surface area contributed by atoms with Gasteiger partial charge in [0.2, 0.25) is 0 Å². The van der Waals surface area contributed by atoms with Gasteiger partial charge in [-0.05, 0) is 52.6 Å². The van der Waals surface area contributed by atoms with Crippen molar-refractivity contribution in [1.29, 1.82) is 0 Å². The molecule has 10 rings (SSSR count). The second kappa shape index (κ2) is 10.5. The normalized spacial score (nSPS) is 13.2. The Morgan fingerprint density at radius 3 is 1.21 bits per heavy atom. The Balaban J connectivity index is 1.43. The highest BCUT2D eigenvalue weighted by atomic mass is 15.2. The molecule has 3 heteroatoms. The molecule has 8 aromatic rings. The smallest absolute Gasteiger partial charge is 0.0709 e. The molecule has 0 bridgehead atoms. The minimum absolute atomic E-state index is 0.973. The van der Waals surface area contributed by atoms with Crippen molar-refractivity contribution in [2.24, 2.45) is 0 Å². The molecule has 0 N–H and O–H groups in total. The van der Waals surface area contributed by atoms with E-state index < -0.39 is 0 Å². The Labute approximate surface area is 279 Å². The Hall–Kier alpha value is -6.45. The first kappa shape index (κ1) is 26.7. The molecule has 2 aliphatic heterocycles. The van der Waals surface area contributed by atoms with Crippen LogP contribution in [-0.4, -0.2) is 4.98 Å². The summed E-state index contributed by atoms with van der Waals surface area (Å²) >= 11 is 0. The molecule has 0 aliphatic carbocycles. The molecule has 0 spiro atoms. The predicted octanol–water partition coefficient (Wildman–Crippen LogP) is 12.4. The lowest BCUT2D eigenvalue weighted by Crippen LogP contribution is -2.16. The summed E-state index contributed by atoms with van der Waals surface area (Å²) < 4.78 is 0. The molecule has 224 valence electrons. The van der Waals surface area contributed by atoms with E-state index in [2.05, 4.69) is 186 Å². The molecule has 0 saturated heterocycles. The van der Waals surface area contributed by atoms with E-state index in [1.54, 1.807) is 0 Å². The van der Waals surface area contributed by atoms with E-state index in [0.717, 1.165) is 55.8 Å². The molecule has 0 amide bonds. The highest BCUT2D eigenvalue weighted by Gasteiger charge is 2.30. The summed E-state index contributed by atoms with van der Waals surface area (Å²) in [5.74, 6) is 0. The second-order valence-corrected chi connectivity index (χ2v) is 12.4. The van der Waals surface area contributed by atoms with Crippen molar-refractivity contribution in [3.63, 3.8) is 0 Å². The van der Waals surface area contributed by atoms with Crippen molar-refractivity contribution < 1.29 is 0 Å². The van der Waals surface area contributed by atoms with Gasteiger partial charge in [-0.25, -0.2) is 0 Å². The molecular weight excluding hydrogens is 583 g/mol. The fourth-order valence-electron chi connectivity index (χ4n) is 7.65. The number of anilines is 6. The van der Waals surface area contributed by atoms with Gasteiger partial charge in [-0.1, -0.05) is 140 Å². The summed E-state index contributed by atoms with van der Waals surface area (Å²) in [7, 11) is 0. The number of nitrogens with zero attached hydrogens (tertiary/aromatic N) is 3. The maximum absolute atomic E-state index is 5.13. The summed E-state index contributed by atoms with van der Waals surface area (Å²) in [5.41, 5.74) is 12.5. The van der Waals surface area contributed by atoms with E-state index in [-0.39, 0.29) is 0 Å². The number of hydrogen-bond donors (Lipinski definition) is 0. The summed E-state index contributed by atoms with van der Waals surface area (Å²) in [6.45, 7) is 0. The van der Waals surface area contributed by atoms with Crippen LogP contribution in [0.1, 0.15) is 22.3 Å². The van der Waals surface area contributed by atoms with Crippen molar-refractivity contribution in [2.75, 3.05) is 9.80 Å². The molecule has 0 atom stereocenters. The van der Waals surface area contributed by atoms with E-state index >= 15 is 0 Å². The molecule has 2 aliphatic rings. The van der Waals surface area contributed by atoms with Gasteiger partial charge < -0.3 is 9.80 Å². The second-order valence-electron chi connectivity index (χ2n) is 12.4. The van der Waals surface area contributed by atoms with Crippen molar-refractivity contribution >= 4 is 90.9 Å². The molecular formula is C45H29N3. The number of para-hydroxylation sites is 5. The summed E-state index contributed by atoms with van der Waals surface area (Å²) in [5, 5.41) is 5.73. The first-order chi connectivity index (χ1) is 23.8. The molecule has 3 nitrogen and oxygen atoms in total. The Morgan fingerprint density at radius 1 is 0.333 bits per heavy atom. The molecule has 48 heavy (non-hydrogen) atoms. The van der Waals surface area contributed by atoms with Gasteiger partial charge in [-0.15, -0.1) is 0 Å². The van der Waals surface area contributed by atoms with Gasteiger partial charge in [-0.2, -0.15) is 0 Å². The molecule has 0 fully saturated rings. The van der Waals surface area contributed by atoms with E-state index in [1.807, 2.05) is 0 Å². The van der Waals surface area contributed by atoms with Gasteiger partial charge in [0.25, 0.3) is 0 Å². The third-order valence-electron chi connectivity index (χ3n) is 9.75. The molecule has 3 heterocycles. The zero-order valence-electron chi connectivity index (χ0n) is 26.1. The minimum Gasteiger partial charge on any atom is -0.308 e. The lowest BCUT2D eigenvalue weighted by Gasteiger charge is -2.34. The van der Waals surface area contributed by atoms with Crippen LogP contribution in [0.5, 0.6) is 0 Å². The largest absolute Gasteiger partial charge is 0.308 e. The number of rotatable bonds is 2. The highest BCUT2D eigenvalue weighted by Crippen LogP contribution is 2.54. The average molecular weight is 612 g/mol. The van der Waals surface area contributed by atoms with Crippen molar-refractivity contribution in [1.82, 2.24) is 4.98 Å². The predicted molar refractivity (Wildman–Crippen MR) is 204 cm³/mol. The zero-order valence-corrected chi connectivity index (χ0v) is 26.1. The van der Waals surface area contributed by atoms with Crippen molar-refractivity contribution in [3.8, 4) is 0 Å². The lowest BCUT2D eigenvalue weighted by atomic mass is 9.93. The van der Waals surface area contributed by atoms with Gasteiger partial charge >= 0.3 is 0 Å². The van der Waals surface area contributed by atoms with Crippen LogP contribution in [0.2, 0.25) is 0 Å². The summed E-state index contributed by atoms with van der Waals surface area (Å²) in [6.07, 6.45) is 11.0. The van der Waals surface area contributed by atoms with Gasteiger partial charge in [0.05, 0.1) is 39.6 Å². The maximum atomic E-state index is 5.13. The number of benzene rings is 7. The maximum Gasteiger partial charge on any atom is 0.0709 e. The first-order valence-electron chi connectivity index (χ1n) is 16.4. The van der Waals surface area contributed by atoms with Gasteiger partial charge in [0, 0.05) is 33.1 Å². The van der Waals surface area contributed by atoms with E-state index in [4.69, 9.17) is 4.98 Å². The third-order valence-corrected chi connectivity index (χ3v) is 9.75. The quantitative estimate of drug-likeness (QED) is 0.143. The summed E-state index contributed by atoms with van der Waals surface area (Å²) in [6, 6.07) is 52.3. The number of fused-ring (bicyclic) bond motifs is 8. The average Bonchev–Trinajstić information content (AvgIpc) is 3.42. The number of aromatic nitrogens is 1. The fourth-order valence-corrected chi connectivity index (χ4v) is 7.65. The number of pyridine rings is 1. The molecule has 0 radical (unpaired) electrons. The first-order valence-corrected chi connectivity index (χ1v) is 16.4. The zero-order chi connectivity index (χ0) is 31.6. The van der Waals surface area contributed by atoms with Crippen molar-refractivity contribution in [2.45, 2.75) is 0 Å². The van der Waals surface area contributed by atoms with Gasteiger partial charge in [-0.3, -0.25) is 4.98 Å². The van der Waals surface area contributed by atoms with Gasteiger partial charge in [0.15, 0.2) is 0 Å². The highest BCUT2D eigenvalue weighted by molar-refractivity contribution is 6.29. The Kier molecular flexibility index (Phi) is 5.87. The van der Waals surface area contributed by atoms with Gasteiger partial charge in [0.1, 0.15) is 0 Å². The van der Waals surface area contributed by atoms with Crippen LogP contribution in [0.25, 0.3) is 56.8 Å². The fraction of sp³-hybridized carbons (Fsp3) is 0. The Bertz CT molecular complexity index is 2550. The molecule has 0 unspecified atom stereocenters. The molecule has 1 aromatic heterocycles. The van der Waals surface area contributed by atoms with Crippen LogP contribution < -0.4 is 9.80 Å². The van der Waals surface area contributed by atoms with Crippen LogP contribution in [-0.2, 0) is 0 Å². The molecule has 0 saturated carbocycles. The van der Waals surface area contributed by atoms with Crippen LogP contribution >= 0.6 is 0 Å². The van der Waals surface area contributed by atoms with Crippen LogP contribution in [0, 0.1) is 0 Å². The Morgan fingerprint density at radius 2 is 0.708 bits per heavy atom. The van der Waals surface area contributed by atoms with Crippen molar-refractivity contribution in [3.05, 3.63) is 174 Å². The minimum atomic E-state index is 0.973. The lowest BCUT2D eigenvalue weighted by molar-refractivity contribution is 1.28. The SMILES string of the molecule is C1=Cc2ccccc2N(c2c3ccccc3c(N3c4ccccc4C=Cc4ccccc43)c3c2cnc2ccccc23)c2ccccc21. The van der Waals surface area contributed by atoms with E-state index in [0.29, 0.717) is 0 Å². The van der Waals surface area contributed by atoms with E-state index in [1.165, 1.54) is 33.0 Å².